The van der Waals surface area contributed by atoms with Gasteiger partial charge in [0.05, 0.1) is 19.8 Å². The first-order chi connectivity index (χ1) is 18.9. The summed E-state index contributed by atoms with van der Waals surface area (Å²) in [5, 5.41) is 25.8. The Morgan fingerprint density at radius 2 is 1.59 bits per heavy atom. The van der Waals surface area contributed by atoms with Gasteiger partial charge in [-0.1, -0.05) is 54.6 Å². The number of methoxy groups -OCH3 is 1. The van der Waals surface area contributed by atoms with E-state index in [-0.39, 0.29) is 12.3 Å². The summed E-state index contributed by atoms with van der Waals surface area (Å²) in [6, 6.07) is 24.0. The Bertz CT molecular complexity index is 1180. The lowest BCUT2D eigenvalue weighted by atomic mass is 10.0. The largest absolute Gasteiger partial charge is 0.497 e. The topological polar surface area (TPSA) is 117 Å². The first kappa shape index (κ1) is 29.4. The lowest BCUT2D eigenvalue weighted by Crippen LogP contribution is -2.51. The summed E-state index contributed by atoms with van der Waals surface area (Å²) in [7, 11) is 1.62. The SMILES string of the molecule is COc1ccc(CCNC(O)[C@H](Cc2ccc(OCCCC(=O)O)cc2)NC(=O)/C=C/c2ccccc2)cc1. The standard InChI is InChI=1S/C31H36N2O6/c1-38-26-14-9-24(10-15-26)19-20-32-31(37)28(33-29(34)18-13-23-6-3-2-4-7-23)22-25-11-16-27(17-12-25)39-21-5-8-30(35)36/h2-4,6-7,9-18,28,31-32,37H,5,8,19-22H2,1H3,(H,33,34)(H,35,36)/b18-13+/t28-,31?/m0/s1. The van der Waals surface area contributed by atoms with Crippen molar-refractivity contribution in [3.63, 3.8) is 0 Å². The molecule has 0 aliphatic rings. The maximum absolute atomic E-state index is 12.7. The fourth-order valence-corrected chi connectivity index (χ4v) is 3.90. The van der Waals surface area contributed by atoms with E-state index in [0.717, 1.165) is 22.4 Å². The molecular weight excluding hydrogens is 496 g/mol. The van der Waals surface area contributed by atoms with Crippen molar-refractivity contribution in [1.29, 1.82) is 0 Å². The van der Waals surface area contributed by atoms with Crippen LogP contribution in [0.5, 0.6) is 11.5 Å². The van der Waals surface area contributed by atoms with E-state index in [1.807, 2.05) is 66.7 Å². The summed E-state index contributed by atoms with van der Waals surface area (Å²) in [5.74, 6) is 0.262. The Balaban J connectivity index is 1.60. The molecule has 0 aliphatic carbocycles. The fraction of sp³-hybridized carbons (Fsp3) is 0.290. The van der Waals surface area contributed by atoms with Gasteiger partial charge in [0, 0.05) is 19.0 Å². The zero-order valence-electron chi connectivity index (χ0n) is 22.1. The van der Waals surface area contributed by atoms with Gasteiger partial charge in [-0.3, -0.25) is 14.9 Å². The molecule has 0 aromatic heterocycles. The lowest BCUT2D eigenvalue weighted by molar-refractivity contribution is -0.137. The summed E-state index contributed by atoms with van der Waals surface area (Å²) < 4.78 is 10.8. The summed E-state index contributed by atoms with van der Waals surface area (Å²) in [6.07, 6.45) is 3.78. The number of rotatable bonds is 16. The molecule has 39 heavy (non-hydrogen) atoms. The summed E-state index contributed by atoms with van der Waals surface area (Å²) in [6.45, 7) is 0.831. The molecule has 1 amide bonds. The predicted octanol–water partition coefficient (Wildman–Crippen LogP) is 3.83. The summed E-state index contributed by atoms with van der Waals surface area (Å²) >= 11 is 0. The van der Waals surface area contributed by atoms with Crippen LogP contribution in [0.1, 0.15) is 29.5 Å². The van der Waals surface area contributed by atoms with Crippen molar-refractivity contribution in [2.24, 2.45) is 0 Å². The van der Waals surface area contributed by atoms with Crippen LogP contribution < -0.4 is 20.1 Å². The molecule has 0 bridgehead atoms. The Labute approximate surface area is 229 Å². The average molecular weight is 533 g/mol. The number of aliphatic hydroxyl groups excluding tert-OH is 1. The third-order valence-corrected chi connectivity index (χ3v) is 6.04. The molecule has 1 unspecified atom stereocenters. The molecule has 0 heterocycles. The molecule has 3 rings (SSSR count). The van der Waals surface area contributed by atoms with Gasteiger partial charge in [0.1, 0.15) is 17.7 Å². The van der Waals surface area contributed by atoms with Crippen molar-refractivity contribution in [3.8, 4) is 11.5 Å². The highest BCUT2D eigenvalue weighted by Gasteiger charge is 2.21. The zero-order chi connectivity index (χ0) is 27.9. The van der Waals surface area contributed by atoms with Crippen molar-refractivity contribution < 1.29 is 29.3 Å². The number of hydrogen-bond donors (Lipinski definition) is 4. The third kappa shape index (κ3) is 11.0. The molecule has 0 saturated carbocycles. The van der Waals surface area contributed by atoms with E-state index in [9.17, 15) is 14.7 Å². The maximum atomic E-state index is 12.7. The number of nitrogens with one attached hydrogen (secondary N) is 2. The lowest BCUT2D eigenvalue weighted by Gasteiger charge is -2.25. The van der Waals surface area contributed by atoms with Gasteiger partial charge in [-0.15, -0.1) is 0 Å². The second kappa shape index (κ2) is 16.0. The molecule has 206 valence electrons. The second-order valence-corrected chi connectivity index (χ2v) is 9.05. The first-order valence-electron chi connectivity index (χ1n) is 12.9. The number of carbonyl (C=O) groups excluding carboxylic acids is 1. The Morgan fingerprint density at radius 3 is 2.26 bits per heavy atom. The second-order valence-electron chi connectivity index (χ2n) is 9.05. The molecule has 0 saturated heterocycles. The van der Waals surface area contributed by atoms with Crippen molar-refractivity contribution >= 4 is 18.0 Å². The summed E-state index contributed by atoms with van der Waals surface area (Å²) in [4.78, 5) is 23.4. The van der Waals surface area contributed by atoms with Gasteiger partial charge in [-0.05, 0) is 66.3 Å². The minimum Gasteiger partial charge on any atom is -0.497 e. The van der Waals surface area contributed by atoms with E-state index in [1.165, 1.54) is 6.08 Å². The van der Waals surface area contributed by atoms with Gasteiger partial charge in [0.15, 0.2) is 0 Å². The van der Waals surface area contributed by atoms with Gasteiger partial charge in [0.25, 0.3) is 0 Å². The van der Waals surface area contributed by atoms with Crippen LogP contribution in [0.3, 0.4) is 0 Å². The molecule has 8 heteroatoms. The molecular formula is C31H36N2O6. The molecule has 0 fully saturated rings. The van der Waals surface area contributed by atoms with Crippen molar-refractivity contribution in [3.05, 3.63) is 102 Å². The van der Waals surface area contributed by atoms with Gasteiger partial charge >= 0.3 is 5.97 Å². The highest BCUT2D eigenvalue weighted by Crippen LogP contribution is 2.15. The molecule has 3 aromatic rings. The maximum Gasteiger partial charge on any atom is 0.303 e. The Morgan fingerprint density at radius 1 is 0.923 bits per heavy atom. The quantitative estimate of drug-likeness (QED) is 0.126. The predicted molar refractivity (Wildman–Crippen MR) is 151 cm³/mol. The van der Waals surface area contributed by atoms with Crippen LogP contribution >= 0.6 is 0 Å². The van der Waals surface area contributed by atoms with E-state index in [4.69, 9.17) is 14.6 Å². The van der Waals surface area contributed by atoms with Crippen LogP contribution in [0.25, 0.3) is 6.08 Å². The van der Waals surface area contributed by atoms with Crippen LogP contribution in [-0.2, 0) is 22.4 Å². The van der Waals surface area contributed by atoms with Gasteiger partial charge < -0.3 is 25.0 Å². The van der Waals surface area contributed by atoms with Gasteiger partial charge in [0.2, 0.25) is 5.91 Å². The number of hydrogen-bond acceptors (Lipinski definition) is 6. The minimum absolute atomic E-state index is 0.0571. The third-order valence-electron chi connectivity index (χ3n) is 6.04. The monoisotopic (exact) mass is 532 g/mol. The number of aliphatic carboxylic acids is 1. The number of ether oxygens (including phenoxy) is 2. The minimum atomic E-state index is -0.982. The number of aliphatic hydroxyl groups is 1. The molecule has 0 radical (unpaired) electrons. The fourth-order valence-electron chi connectivity index (χ4n) is 3.90. The first-order valence-corrected chi connectivity index (χ1v) is 12.9. The molecule has 2 atom stereocenters. The van der Waals surface area contributed by atoms with E-state index < -0.39 is 18.2 Å². The highest BCUT2D eigenvalue weighted by molar-refractivity contribution is 5.91. The summed E-state index contributed by atoms with van der Waals surface area (Å²) in [5.41, 5.74) is 2.91. The highest BCUT2D eigenvalue weighted by atomic mass is 16.5. The zero-order valence-corrected chi connectivity index (χ0v) is 22.1. The van der Waals surface area contributed by atoms with E-state index in [1.54, 1.807) is 25.3 Å². The molecule has 0 spiro atoms. The number of carboxylic acid groups (broad SMARTS) is 1. The average Bonchev–Trinajstić information content (AvgIpc) is 2.95. The van der Waals surface area contributed by atoms with Gasteiger partial charge in [-0.25, -0.2) is 0 Å². The van der Waals surface area contributed by atoms with Crippen LogP contribution in [0.2, 0.25) is 0 Å². The Kier molecular flexibility index (Phi) is 12.0. The van der Waals surface area contributed by atoms with Crippen molar-refractivity contribution in [2.45, 2.75) is 38.0 Å². The number of benzene rings is 3. The van der Waals surface area contributed by atoms with Crippen LogP contribution in [0, 0.1) is 0 Å². The van der Waals surface area contributed by atoms with Crippen LogP contribution in [0.4, 0.5) is 0 Å². The van der Waals surface area contributed by atoms with E-state index in [2.05, 4.69) is 10.6 Å². The number of carbonyl (C=O) groups is 2. The normalized spacial score (nSPS) is 12.6. The van der Waals surface area contributed by atoms with Crippen molar-refractivity contribution in [2.75, 3.05) is 20.3 Å². The molecule has 3 aromatic carbocycles. The molecule has 4 N–H and O–H groups in total. The smallest absolute Gasteiger partial charge is 0.303 e. The van der Waals surface area contributed by atoms with E-state index >= 15 is 0 Å². The Hall–Kier alpha value is -4.14. The van der Waals surface area contributed by atoms with Gasteiger partial charge in [-0.2, -0.15) is 0 Å². The number of carboxylic acids is 1. The van der Waals surface area contributed by atoms with E-state index in [0.29, 0.717) is 38.2 Å². The van der Waals surface area contributed by atoms with Crippen LogP contribution in [-0.4, -0.2) is 54.6 Å². The van der Waals surface area contributed by atoms with Crippen LogP contribution in [0.15, 0.2) is 84.9 Å². The molecule has 8 nitrogen and oxygen atoms in total. The number of amides is 1. The molecule has 0 aliphatic heterocycles. The van der Waals surface area contributed by atoms with Crippen molar-refractivity contribution in [1.82, 2.24) is 10.6 Å².